The fourth-order valence-corrected chi connectivity index (χ4v) is 2.82. The molecule has 3 heterocycles. The van der Waals surface area contributed by atoms with Gasteiger partial charge in [0.25, 0.3) is 0 Å². The maximum absolute atomic E-state index is 5.46. The van der Waals surface area contributed by atoms with Crippen molar-refractivity contribution in [1.82, 2.24) is 33.9 Å². The molecule has 0 amide bonds. The van der Waals surface area contributed by atoms with Gasteiger partial charge in [-0.1, -0.05) is 0 Å². The molecule has 3 aromatic heterocycles. The van der Waals surface area contributed by atoms with Crippen LogP contribution >= 0.6 is 0 Å². The van der Waals surface area contributed by atoms with Crippen molar-refractivity contribution < 1.29 is 14.2 Å². The average Bonchev–Trinajstić information content (AvgIpc) is 3.52. The lowest BCUT2D eigenvalue weighted by atomic mass is 10.5. The minimum absolute atomic E-state index is 0.290. The zero-order valence-corrected chi connectivity index (χ0v) is 22.8. The van der Waals surface area contributed by atoms with Crippen molar-refractivity contribution in [2.45, 2.75) is 93.3 Å². The van der Waals surface area contributed by atoms with E-state index in [0.29, 0.717) is 24.9 Å². The Balaban J connectivity index is 0.000000264. The molecule has 0 saturated carbocycles. The Morgan fingerprint density at radius 1 is 0.771 bits per heavy atom. The van der Waals surface area contributed by atoms with E-state index in [1.807, 2.05) is 66.2 Å². The van der Waals surface area contributed by atoms with Crippen molar-refractivity contribution in [3.8, 4) is 0 Å². The van der Waals surface area contributed by atoms with Gasteiger partial charge in [-0.15, -0.1) is 0 Å². The number of nitrogens with zero attached hydrogens (tertiary/aromatic N) is 7. The summed E-state index contributed by atoms with van der Waals surface area (Å²) in [5, 5.41) is 3.94. The summed E-state index contributed by atoms with van der Waals surface area (Å²) in [7, 11) is 0. The van der Waals surface area contributed by atoms with Crippen LogP contribution in [-0.2, 0) is 33.8 Å². The molecule has 0 aliphatic rings. The molecule has 0 aliphatic heterocycles. The molecule has 0 fully saturated rings. The normalized spacial score (nSPS) is 10.9. The van der Waals surface area contributed by atoms with E-state index < -0.39 is 0 Å². The van der Waals surface area contributed by atoms with Crippen LogP contribution in [0.3, 0.4) is 0 Å². The van der Waals surface area contributed by atoms with Crippen LogP contribution in [0.5, 0.6) is 0 Å². The summed E-state index contributed by atoms with van der Waals surface area (Å²) in [6.07, 6.45) is 11.7. The van der Waals surface area contributed by atoms with Gasteiger partial charge in [-0.3, -0.25) is 4.68 Å². The van der Waals surface area contributed by atoms with Gasteiger partial charge in [0.2, 0.25) is 0 Å². The molecule has 0 saturated heterocycles. The molecule has 0 aliphatic carbocycles. The third kappa shape index (κ3) is 15.9. The zero-order chi connectivity index (χ0) is 26.1. The van der Waals surface area contributed by atoms with E-state index >= 15 is 0 Å². The number of ether oxygens (including phenoxy) is 3. The number of hydrogen-bond donors (Lipinski definition) is 0. The Hall–Kier alpha value is -2.56. The summed E-state index contributed by atoms with van der Waals surface area (Å²) in [4.78, 5) is 12.1. The van der Waals surface area contributed by atoms with Crippen LogP contribution in [0, 0.1) is 13.8 Å². The van der Waals surface area contributed by atoms with Crippen LogP contribution in [0.2, 0.25) is 0 Å². The summed E-state index contributed by atoms with van der Waals surface area (Å²) >= 11 is 0. The lowest BCUT2D eigenvalue weighted by Crippen LogP contribution is -2.10. The van der Waals surface area contributed by atoms with E-state index in [1.54, 1.807) is 23.5 Å². The standard InChI is InChI=1S/C10H18N2O.C8H14N2O.C7H13N3O/c1-8(2)13-6-5-12-7-9(3)11-10(12)4;1-8(2)11-6-5-10-4-3-9-7-10;1-7(2)11-4-3-10-6-8-5-9-10/h7-8H,5-6H2,1-4H3;3-4,7-8H,5-6H2,1-2H3;5-7H,3-4H2,1-2H3. The second-order valence-electron chi connectivity index (χ2n) is 8.84. The first-order valence-electron chi connectivity index (χ1n) is 12.3. The maximum atomic E-state index is 5.46. The van der Waals surface area contributed by atoms with Crippen LogP contribution < -0.4 is 0 Å². The molecule has 0 bridgehead atoms. The molecule has 10 nitrogen and oxygen atoms in total. The largest absolute Gasteiger partial charge is 0.377 e. The molecule has 198 valence electrons. The molecular formula is C25H45N7O3. The van der Waals surface area contributed by atoms with Gasteiger partial charge in [0.1, 0.15) is 18.5 Å². The van der Waals surface area contributed by atoms with Gasteiger partial charge in [0, 0.05) is 31.7 Å². The Kier molecular flexibility index (Phi) is 15.5. The van der Waals surface area contributed by atoms with Gasteiger partial charge in [-0.2, -0.15) is 5.10 Å². The smallest absolute Gasteiger partial charge is 0.137 e. The SMILES string of the molecule is CC(C)OCCn1ccnc1.CC(C)OCCn1cncn1.Cc1cn(CCOC(C)C)c(C)n1. The fraction of sp³-hybridized carbons (Fsp3) is 0.680. The fourth-order valence-electron chi connectivity index (χ4n) is 2.82. The zero-order valence-electron chi connectivity index (χ0n) is 22.8. The van der Waals surface area contributed by atoms with Gasteiger partial charge >= 0.3 is 0 Å². The number of rotatable bonds is 12. The van der Waals surface area contributed by atoms with Crippen LogP contribution in [0.25, 0.3) is 0 Å². The Bertz CT molecular complexity index is 816. The summed E-state index contributed by atoms with van der Waals surface area (Å²) in [5.41, 5.74) is 1.07. The van der Waals surface area contributed by atoms with E-state index in [9.17, 15) is 0 Å². The minimum Gasteiger partial charge on any atom is -0.377 e. The first-order valence-corrected chi connectivity index (χ1v) is 12.3. The first-order chi connectivity index (χ1) is 16.7. The second kappa shape index (κ2) is 17.8. The third-order valence-corrected chi connectivity index (χ3v) is 4.48. The van der Waals surface area contributed by atoms with Crippen molar-refractivity contribution in [2.24, 2.45) is 0 Å². The highest BCUT2D eigenvalue weighted by molar-refractivity contribution is 5.00. The van der Waals surface area contributed by atoms with E-state index in [1.165, 1.54) is 6.33 Å². The summed E-state index contributed by atoms with van der Waals surface area (Å²) in [6, 6.07) is 0. The predicted molar refractivity (Wildman–Crippen MR) is 137 cm³/mol. The number of hydrogen-bond acceptors (Lipinski definition) is 7. The highest BCUT2D eigenvalue weighted by atomic mass is 16.5. The van der Waals surface area contributed by atoms with Crippen LogP contribution in [-0.4, -0.2) is 72.0 Å². The molecule has 0 N–H and O–H groups in total. The molecule has 0 spiro atoms. The van der Waals surface area contributed by atoms with Gasteiger partial charge < -0.3 is 23.3 Å². The molecule has 3 rings (SSSR count). The number of aryl methyl sites for hydroxylation is 2. The Labute approximate surface area is 210 Å². The van der Waals surface area contributed by atoms with E-state index in [0.717, 1.165) is 44.4 Å². The van der Waals surface area contributed by atoms with E-state index in [-0.39, 0.29) is 0 Å². The van der Waals surface area contributed by atoms with Crippen LogP contribution in [0.1, 0.15) is 53.1 Å². The minimum atomic E-state index is 0.290. The molecule has 35 heavy (non-hydrogen) atoms. The van der Waals surface area contributed by atoms with Crippen molar-refractivity contribution in [1.29, 1.82) is 0 Å². The molecule has 0 aromatic carbocycles. The second-order valence-corrected chi connectivity index (χ2v) is 8.84. The third-order valence-electron chi connectivity index (χ3n) is 4.48. The summed E-state index contributed by atoms with van der Waals surface area (Å²) < 4.78 is 22.0. The maximum Gasteiger partial charge on any atom is 0.137 e. The molecule has 10 heteroatoms. The monoisotopic (exact) mass is 491 g/mol. The van der Waals surface area contributed by atoms with Gasteiger partial charge in [0.15, 0.2) is 0 Å². The molecule has 3 aromatic rings. The predicted octanol–water partition coefficient (Wildman–Crippen LogP) is 3.94. The van der Waals surface area contributed by atoms with E-state index in [2.05, 4.69) is 30.8 Å². The Morgan fingerprint density at radius 3 is 1.83 bits per heavy atom. The quantitative estimate of drug-likeness (QED) is 0.379. The van der Waals surface area contributed by atoms with E-state index in [4.69, 9.17) is 14.2 Å². The lowest BCUT2D eigenvalue weighted by molar-refractivity contribution is 0.0709. The summed E-state index contributed by atoms with van der Waals surface area (Å²) in [5.74, 6) is 1.06. The highest BCUT2D eigenvalue weighted by Crippen LogP contribution is 2.01. The Morgan fingerprint density at radius 2 is 1.37 bits per heavy atom. The molecule has 0 unspecified atom stereocenters. The summed E-state index contributed by atoms with van der Waals surface area (Å²) in [6.45, 7) is 21.0. The van der Waals surface area contributed by atoms with Crippen molar-refractivity contribution in [2.75, 3.05) is 19.8 Å². The molecular weight excluding hydrogens is 446 g/mol. The van der Waals surface area contributed by atoms with Gasteiger partial charge in [-0.25, -0.2) is 15.0 Å². The highest BCUT2D eigenvalue weighted by Gasteiger charge is 2.00. The van der Waals surface area contributed by atoms with Crippen molar-refractivity contribution in [3.05, 3.63) is 49.1 Å². The first kappa shape index (κ1) is 30.5. The molecule has 0 radical (unpaired) electrons. The topological polar surface area (TPSA) is 94.0 Å². The van der Waals surface area contributed by atoms with Crippen LogP contribution in [0.15, 0.2) is 37.6 Å². The molecule has 0 atom stereocenters. The number of aromatic nitrogens is 7. The van der Waals surface area contributed by atoms with Gasteiger partial charge in [0.05, 0.1) is 56.7 Å². The van der Waals surface area contributed by atoms with Crippen LogP contribution in [0.4, 0.5) is 0 Å². The van der Waals surface area contributed by atoms with Crippen molar-refractivity contribution >= 4 is 0 Å². The lowest BCUT2D eigenvalue weighted by Gasteiger charge is -2.08. The van der Waals surface area contributed by atoms with Gasteiger partial charge in [-0.05, 0) is 55.4 Å². The average molecular weight is 492 g/mol. The van der Waals surface area contributed by atoms with Crippen molar-refractivity contribution in [3.63, 3.8) is 0 Å². The number of imidazole rings is 2.